The molecule has 0 amide bonds. The molecular formula is C14H25N3S. The second-order valence-electron chi connectivity index (χ2n) is 5.28. The second-order valence-corrected chi connectivity index (χ2v) is 6.21. The molecule has 0 spiro atoms. The van der Waals surface area contributed by atoms with E-state index in [0.29, 0.717) is 6.04 Å². The maximum atomic E-state index is 5.89. The molecule has 3 N–H and O–H groups in total. The summed E-state index contributed by atoms with van der Waals surface area (Å²) in [5.41, 5.74) is 5.89. The molecule has 0 radical (unpaired) electrons. The number of aromatic nitrogens is 1. The molecule has 3 atom stereocenters. The highest BCUT2D eigenvalue weighted by Gasteiger charge is 2.24. The zero-order valence-corrected chi connectivity index (χ0v) is 12.1. The normalized spacial score (nSPS) is 26.1. The van der Waals surface area contributed by atoms with Crippen molar-refractivity contribution in [3.63, 3.8) is 0 Å². The molecule has 1 fully saturated rings. The Hall–Kier alpha value is -0.450. The van der Waals surface area contributed by atoms with Crippen LogP contribution < -0.4 is 11.1 Å². The lowest BCUT2D eigenvalue weighted by Gasteiger charge is -2.32. The van der Waals surface area contributed by atoms with Gasteiger partial charge in [0.25, 0.3) is 0 Å². The summed E-state index contributed by atoms with van der Waals surface area (Å²) >= 11 is 1.75. The third-order valence-electron chi connectivity index (χ3n) is 4.15. The van der Waals surface area contributed by atoms with E-state index in [-0.39, 0.29) is 0 Å². The third kappa shape index (κ3) is 3.53. The van der Waals surface area contributed by atoms with Crippen molar-refractivity contribution in [1.82, 2.24) is 10.3 Å². The summed E-state index contributed by atoms with van der Waals surface area (Å²) in [6.45, 7) is 4.17. The fourth-order valence-electron chi connectivity index (χ4n) is 2.97. The Labute approximate surface area is 114 Å². The van der Waals surface area contributed by atoms with Crippen molar-refractivity contribution in [3.8, 4) is 0 Å². The van der Waals surface area contributed by atoms with Crippen molar-refractivity contribution in [1.29, 1.82) is 0 Å². The molecule has 1 aromatic heterocycles. The molecule has 2 rings (SSSR count). The van der Waals surface area contributed by atoms with Crippen molar-refractivity contribution < 1.29 is 0 Å². The van der Waals surface area contributed by atoms with Crippen LogP contribution in [-0.4, -0.2) is 18.1 Å². The topological polar surface area (TPSA) is 50.9 Å². The first-order valence-electron chi connectivity index (χ1n) is 7.18. The number of nitrogens with zero attached hydrogens (tertiary/aromatic N) is 1. The Balaban J connectivity index is 1.85. The predicted molar refractivity (Wildman–Crippen MR) is 77.7 cm³/mol. The summed E-state index contributed by atoms with van der Waals surface area (Å²) in [5, 5.41) is 6.98. The minimum atomic E-state index is 0.422. The Kier molecular flexibility index (Phi) is 5.60. The molecule has 1 heterocycles. The van der Waals surface area contributed by atoms with Crippen LogP contribution in [0.4, 0.5) is 0 Å². The van der Waals surface area contributed by atoms with E-state index in [1.807, 2.05) is 6.20 Å². The van der Waals surface area contributed by atoms with Gasteiger partial charge in [-0.3, -0.25) is 0 Å². The van der Waals surface area contributed by atoms with Crippen LogP contribution in [0.25, 0.3) is 0 Å². The number of rotatable bonds is 6. The number of hydrogen-bond acceptors (Lipinski definition) is 4. The Morgan fingerprint density at radius 3 is 2.83 bits per heavy atom. The average molecular weight is 267 g/mol. The first-order valence-corrected chi connectivity index (χ1v) is 8.06. The largest absolute Gasteiger partial charge is 0.330 e. The molecule has 102 valence electrons. The Morgan fingerprint density at radius 1 is 1.44 bits per heavy atom. The standard InChI is InChI=1S/C14H25N3S/c1-2-13(14-16-7-8-18-14)17-10-12-6-4-3-5-11(12)9-15/h7-8,11-13,17H,2-6,9-10,15H2,1H3. The van der Waals surface area contributed by atoms with Gasteiger partial charge in [-0.05, 0) is 44.2 Å². The molecule has 0 aromatic carbocycles. The number of nitrogens with two attached hydrogens (primary N) is 1. The highest BCUT2D eigenvalue weighted by molar-refractivity contribution is 7.09. The fraction of sp³-hybridized carbons (Fsp3) is 0.786. The third-order valence-corrected chi connectivity index (χ3v) is 5.04. The summed E-state index contributed by atoms with van der Waals surface area (Å²) in [5.74, 6) is 1.48. The maximum Gasteiger partial charge on any atom is 0.109 e. The van der Waals surface area contributed by atoms with E-state index in [9.17, 15) is 0 Å². The average Bonchev–Trinajstić information content (AvgIpc) is 2.94. The number of hydrogen-bond donors (Lipinski definition) is 2. The molecule has 1 aromatic rings. The first-order chi connectivity index (χ1) is 8.85. The molecule has 0 aliphatic heterocycles. The van der Waals surface area contributed by atoms with Gasteiger partial charge < -0.3 is 11.1 Å². The molecule has 0 bridgehead atoms. The van der Waals surface area contributed by atoms with Gasteiger partial charge in [-0.2, -0.15) is 0 Å². The minimum absolute atomic E-state index is 0.422. The van der Waals surface area contributed by atoms with Gasteiger partial charge in [0.05, 0.1) is 6.04 Å². The van der Waals surface area contributed by atoms with E-state index in [0.717, 1.165) is 31.3 Å². The molecular weight excluding hydrogens is 242 g/mol. The van der Waals surface area contributed by atoms with Crippen LogP contribution in [0.1, 0.15) is 50.1 Å². The summed E-state index contributed by atoms with van der Waals surface area (Å²) in [6, 6.07) is 0.422. The molecule has 1 aliphatic carbocycles. The smallest absolute Gasteiger partial charge is 0.109 e. The van der Waals surface area contributed by atoms with Crippen LogP contribution in [0.2, 0.25) is 0 Å². The Morgan fingerprint density at radius 2 is 2.22 bits per heavy atom. The highest BCUT2D eigenvalue weighted by Crippen LogP contribution is 2.29. The lowest BCUT2D eigenvalue weighted by Crippen LogP contribution is -2.35. The van der Waals surface area contributed by atoms with Crippen LogP contribution in [0.15, 0.2) is 11.6 Å². The molecule has 1 saturated carbocycles. The van der Waals surface area contributed by atoms with Crippen molar-refractivity contribution >= 4 is 11.3 Å². The lowest BCUT2D eigenvalue weighted by molar-refractivity contribution is 0.228. The van der Waals surface area contributed by atoms with Crippen LogP contribution in [-0.2, 0) is 0 Å². The molecule has 3 nitrogen and oxygen atoms in total. The Bertz CT molecular complexity index is 326. The highest BCUT2D eigenvalue weighted by atomic mass is 32.1. The van der Waals surface area contributed by atoms with Crippen LogP contribution >= 0.6 is 11.3 Å². The summed E-state index contributed by atoms with van der Waals surface area (Å²) in [6.07, 6.45) is 8.39. The van der Waals surface area contributed by atoms with Crippen molar-refractivity contribution in [2.75, 3.05) is 13.1 Å². The first kappa shape index (κ1) is 14.0. The SMILES string of the molecule is CCC(NCC1CCCCC1CN)c1nccs1. The minimum Gasteiger partial charge on any atom is -0.330 e. The van der Waals surface area contributed by atoms with Crippen LogP contribution in [0.3, 0.4) is 0 Å². The second kappa shape index (κ2) is 7.22. The molecule has 18 heavy (non-hydrogen) atoms. The molecule has 4 heteroatoms. The van der Waals surface area contributed by atoms with Crippen molar-refractivity contribution in [3.05, 3.63) is 16.6 Å². The maximum absolute atomic E-state index is 5.89. The predicted octanol–water partition coefficient (Wildman–Crippen LogP) is 2.95. The summed E-state index contributed by atoms with van der Waals surface area (Å²) in [4.78, 5) is 4.42. The van der Waals surface area contributed by atoms with Crippen molar-refractivity contribution in [2.45, 2.75) is 45.1 Å². The van der Waals surface area contributed by atoms with Crippen LogP contribution in [0.5, 0.6) is 0 Å². The summed E-state index contributed by atoms with van der Waals surface area (Å²) < 4.78 is 0. The van der Waals surface area contributed by atoms with Gasteiger partial charge in [0.15, 0.2) is 0 Å². The van der Waals surface area contributed by atoms with Crippen LogP contribution in [0, 0.1) is 11.8 Å². The zero-order valence-electron chi connectivity index (χ0n) is 11.3. The number of thiazole rings is 1. The van der Waals surface area contributed by atoms with E-state index < -0.39 is 0 Å². The van der Waals surface area contributed by atoms with Crippen molar-refractivity contribution in [2.24, 2.45) is 17.6 Å². The zero-order chi connectivity index (χ0) is 12.8. The lowest BCUT2D eigenvalue weighted by atomic mass is 9.79. The van der Waals surface area contributed by atoms with Gasteiger partial charge >= 0.3 is 0 Å². The van der Waals surface area contributed by atoms with Gasteiger partial charge in [-0.15, -0.1) is 11.3 Å². The molecule has 0 saturated heterocycles. The molecule has 1 aliphatic rings. The van der Waals surface area contributed by atoms with Gasteiger partial charge in [-0.1, -0.05) is 19.8 Å². The van der Waals surface area contributed by atoms with Gasteiger partial charge in [0.1, 0.15) is 5.01 Å². The van der Waals surface area contributed by atoms with Gasteiger partial charge in [0, 0.05) is 11.6 Å². The molecule has 3 unspecified atom stereocenters. The summed E-state index contributed by atoms with van der Waals surface area (Å²) in [7, 11) is 0. The van der Waals surface area contributed by atoms with Gasteiger partial charge in [0.2, 0.25) is 0 Å². The number of nitrogens with one attached hydrogen (secondary N) is 1. The van der Waals surface area contributed by atoms with Gasteiger partial charge in [-0.25, -0.2) is 4.98 Å². The van der Waals surface area contributed by atoms with E-state index in [2.05, 4.69) is 22.6 Å². The van der Waals surface area contributed by atoms with E-state index >= 15 is 0 Å². The van der Waals surface area contributed by atoms with E-state index in [1.54, 1.807) is 11.3 Å². The van der Waals surface area contributed by atoms with E-state index in [1.165, 1.54) is 30.7 Å². The fourth-order valence-corrected chi connectivity index (χ4v) is 3.77. The van der Waals surface area contributed by atoms with E-state index in [4.69, 9.17) is 5.73 Å². The monoisotopic (exact) mass is 267 g/mol. The quantitative estimate of drug-likeness (QED) is 0.833.